The van der Waals surface area contributed by atoms with Crippen molar-refractivity contribution in [3.8, 4) is 0 Å². The Morgan fingerprint density at radius 3 is 2.18 bits per heavy atom. The highest BCUT2D eigenvalue weighted by Gasteiger charge is 2.03. The highest BCUT2D eigenvalue weighted by molar-refractivity contribution is 7.80. The van der Waals surface area contributed by atoms with E-state index in [4.69, 9.17) is 5.73 Å². The van der Waals surface area contributed by atoms with Crippen LogP contribution in [0, 0.1) is 11.6 Å². The van der Waals surface area contributed by atoms with Crippen molar-refractivity contribution in [1.82, 2.24) is 0 Å². The topological polar surface area (TPSA) is 26.0 Å². The lowest BCUT2D eigenvalue weighted by Gasteiger charge is -1.97. The summed E-state index contributed by atoms with van der Waals surface area (Å²) in [6.45, 7) is 0. The Labute approximate surface area is 74.4 Å². The van der Waals surface area contributed by atoms with Gasteiger partial charge in [-0.1, -0.05) is 0 Å². The zero-order valence-corrected chi connectivity index (χ0v) is 7.05. The molecule has 5 heteroatoms. The minimum absolute atomic E-state index is 0. The number of anilines is 1. The van der Waals surface area contributed by atoms with Crippen molar-refractivity contribution in [3.63, 3.8) is 0 Å². The monoisotopic (exact) mass is 197 g/mol. The predicted molar refractivity (Wildman–Crippen MR) is 45.3 cm³/mol. The van der Waals surface area contributed by atoms with Crippen molar-refractivity contribution in [3.05, 3.63) is 23.8 Å². The molecule has 0 unspecified atom stereocenters. The first-order chi connectivity index (χ1) is 4.61. The van der Waals surface area contributed by atoms with Crippen molar-refractivity contribution >= 4 is 30.7 Å². The van der Waals surface area contributed by atoms with E-state index >= 15 is 0 Å². The zero-order chi connectivity index (χ0) is 7.72. The molecular formula is C6H6ClF2NS. The molecule has 0 radical (unpaired) electrons. The average molecular weight is 198 g/mol. The number of rotatable bonds is 0. The first-order valence-corrected chi connectivity index (χ1v) is 2.99. The number of hydrogen-bond acceptors (Lipinski definition) is 2. The van der Waals surface area contributed by atoms with Crippen LogP contribution in [-0.4, -0.2) is 0 Å². The minimum atomic E-state index is -0.647. The van der Waals surface area contributed by atoms with Gasteiger partial charge in [0.05, 0.1) is 5.69 Å². The zero-order valence-electron chi connectivity index (χ0n) is 5.34. The van der Waals surface area contributed by atoms with Crippen LogP contribution >= 0.6 is 25.0 Å². The Morgan fingerprint density at radius 2 is 1.73 bits per heavy atom. The highest BCUT2D eigenvalue weighted by Crippen LogP contribution is 2.18. The van der Waals surface area contributed by atoms with Crippen LogP contribution in [0.4, 0.5) is 14.5 Å². The molecule has 0 aliphatic heterocycles. The Bertz CT molecular complexity index is 217. The van der Waals surface area contributed by atoms with E-state index in [1.165, 1.54) is 0 Å². The van der Waals surface area contributed by atoms with Crippen LogP contribution in [0.3, 0.4) is 0 Å². The molecule has 0 saturated heterocycles. The molecule has 1 aromatic carbocycles. The standard InChI is InChI=1S/C6H5F2NS.ClH/c7-3-2-6(10)4(8)1-5(3)9;/h1-2,10H,9H2;1H. The smallest absolute Gasteiger partial charge is 0.147 e. The van der Waals surface area contributed by atoms with E-state index in [0.29, 0.717) is 0 Å². The fourth-order valence-corrected chi connectivity index (χ4v) is 0.730. The Kier molecular flexibility index (Phi) is 3.62. The van der Waals surface area contributed by atoms with Crippen LogP contribution < -0.4 is 5.73 Å². The van der Waals surface area contributed by atoms with Crippen LogP contribution in [0.25, 0.3) is 0 Å². The normalized spacial score (nSPS) is 9.00. The summed E-state index contributed by atoms with van der Waals surface area (Å²) >= 11 is 3.64. The molecule has 0 saturated carbocycles. The molecule has 0 aliphatic carbocycles. The molecule has 0 atom stereocenters. The van der Waals surface area contributed by atoms with E-state index in [0.717, 1.165) is 12.1 Å². The van der Waals surface area contributed by atoms with E-state index in [-0.39, 0.29) is 23.0 Å². The van der Waals surface area contributed by atoms with Crippen molar-refractivity contribution in [1.29, 1.82) is 0 Å². The summed E-state index contributed by atoms with van der Waals surface area (Å²) in [5.41, 5.74) is 4.84. The van der Waals surface area contributed by atoms with Gasteiger partial charge in [-0.25, -0.2) is 8.78 Å². The second-order valence-electron chi connectivity index (χ2n) is 1.83. The number of thiol groups is 1. The van der Waals surface area contributed by atoms with Crippen molar-refractivity contribution in [2.24, 2.45) is 0 Å². The van der Waals surface area contributed by atoms with Gasteiger partial charge in [-0.3, -0.25) is 0 Å². The summed E-state index contributed by atoms with van der Waals surface area (Å²) in [5, 5.41) is 0. The largest absolute Gasteiger partial charge is 0.396 e. The highest BCUT2D eigenvalue weighted by atomic mass is 35.5. The number of nitrogen functional groups attached to an aromatic ring is 1. The van der Waals surface area contributed by atoms with Gasteiger partial charge in [0.2, 0.25) is 0 Å². The molecule has 0 bridgehead atoms. The molecule has 0 amide bonds. The molecule has 1 nitrogen and oxygen atoms in total. The summed E-state index contributed by atoms with van der Waals surface area (Å²) < 4.78 is 24.9. The van der Waals surface area contributed by atoms with Gasteiger partial charge in [0.25, 0.3) is 0 Å². The van der Waals surface area contributed by atoms with E-state index in [1.54, 1.807) is 0 Å². The minimum Gasteiger partial charge on any atom is -0.396 e. The van der Waals surface area contributed by atoms with Crippen LogP contribution in [-0.2, 0) is 0 Å². The average Bonchev–Trinajstić information content (AvgIpc) is 1.84. The molecular weight excluding hydrogens is 192 g/mol. The second kappa shape index (κ2) is 3.78. The van der Waals surface area contributed by atoms with Crippen LogP contribution in [0.5, 0.6) is 0 Å². The maximum absolute atomic E-state index is 12.4. The molecule has 0 heterocycles. The van der Waals surface area contributed by atoms with Crippen molar-refractivity contribution in [2.75, 3.05) is 5.73 Å². The fourth-order valence-electron chi connectivity index (χ4n) is 0.552. The first kappa shape index (κ1) is 10.5. The van der Waals surface area contributed by atoms with Crippen LogP contribution in [0.2, 0.25) is 0 Å². The summed E-state index contributed by atoms with van der Waals surface area (Å²) in [6.07, 6.45) is 0. The van der Waals surface area contributed by atoms with Gasteiger partial charge >= 0.3 is 0 Å². The summed E-state index contributed by atoms with van der Waals surface area (Å²) in [5.74, 6) is -1.26. The molecule has 2 N–H and O–H groups in total. The number of nitrogens with two attached hydrogens (primary N) is 1. The number of benzene rings is 1. The molecule has 62 valence electrons. The van der Waals surface area contributed by atoms with Crippen molar-refractivity contribution in [2.45, 2.75) is 4.90 Å². The third-order valence-electron chi connectivity index (χ3n) is 1.07. The number of halogens is 3. The third kappa shape index (κ3) is 2.24. The molecule has 0 fully saturated rings. The summed E-state index contributed by atoms with van der Waals surface area (Å²) in [7, 11) is 0. The van der Waals surface area contributed by atoms with E-state index in [1.807, 2.05) is 0 Å². The maximum Gasteiger partial charge on any atom is 0.147 e. The molecule has 0 spiro atoms. The van der Waals surface area contributed by atoms with Crippen molar-refractivity contribution < 1.29 is 8.78 Å². The summed E-state index contributed by atoms with van der Waals surface area (Å²) in [4.78, 5) is -0.0355. The van der Waals surface area contributed by atoms with Crippen LogP contribution in [0.1, 0.15) is 0 Å². The first-order valence-electron chi connectivity index (χ1n) is 2.54. The van der Waals surface area contributed by atoms with Gasteiger partial charge in [-0.2, -0.15) is 0 Å². The lowest BCUT2D eigenvalue weighted by molar-refractivity contribution is 0.581. The predicted octanol–water partition coefficient (Wildman–Crippen LogP) is 2.26. The molecule has 0 aliphatic rings. The molecule has 1 aromatic rings. The number of hydrogen-bond donors (Lipinski definition) is 2. The van der Waals surface area contributed by atoms with Gasteiger partial charge in [-0.05, 0) is 6.07 Å². The molecule has 0 aromatic heterocycles. The summed E-state index contributed by atoms with van der Waals surface area (Å²) in [6, 6.07) is 1.84. The Hall–Kier alpha value is -0.480. The van der Waals surface area contributed by atoms with Gasteiger partial charge in [0.15, 0.2) is 0 Å². The molecule has 11 heavy (non-hydrogen) atoms. The Balaban J connectivity index is 0.000001000. The lowest BCUT2D eigenvalue weighted by Crippen LogP contribution is -1.92. The van der Waals surface area contributed by atoms with E-state index in [9.17, 15) is 8.78 Å². The fraction of sp³-hybridized carbons (Fsp3) is 0. The third-order valence-corrected chi connectivity index (χ3v) is 1.41. The maximum atomic E-state index is 12.4. The van der Waals surface area contributed by atoms with Gasteiger partial charge < -0.3 is 5.73 Å². The van der Waals surface area contributed by atoms with Gasteiger partial charge in [0.1, 0.15) is 11.6 Å². The quantitative estimate of drug-likeness (QED) is 0.484. The van der Waals surface area contributed by atoms with E-state index < -0.39 is 11.6 Å². The SMILES string of the molecule is Cl.Nc1cc(F)c(S)cc1F. The molecule has 1 rings (SSSR count). The Morgan fingerprint density at radius 1 is 1.18 bits per heavy atom. The van der Waals surface area contributed by atoms with E-state index in [2.05, 4.69) is 12.6 Å². The lowest BCUT2D eigenvalue weighted by atomic mass is 10.3. The second-order valence-corrected chi connectivity index (χ2v) is 2.31. The van der Waals surface area contributed by atoms with Gasteiger partial charge in [0, 0.05) is 11.0 Å². The van der Waals surface area contributed by atoms with Crippen LogP contribution in [0.15, 0.2) is 17.0 Å². The van der Waals surface area contributed by atoms with Gasteiger partial charge in [-0.15, -0.1) is 25.0 Å².